The zero-order chi connectivity index (χ0) is 20.1. The van der Waals surface area contributed by atoms with Crippen molar-refractivity contribution in [3.8, 4) is 0 Å². The van der Waals surface area contributed by atoms with Gasteiger partial charge in [-0.25, -0.2) is 19.2 Å². The molecule has 1 rings (SSSR count). The van der Waals surface area contributed by atoms with Crippen LogP contribution in [0.1, 0.15) is 46.0 Å². The molecule has 0 amide bonds. The van der Waals surface area contributed by atoms with E-state index in [-0.39, 0.29) is 11.1 Å². The molecule has 142 valence electrons. The van der Waals surface area contributed by atoms with Gasteiger partial charge in [-0.2, -0.15) is 0 Å². The molecule has 0 radical (unpaired) electrons. The van der Waals surface area contributed by atoms with Gasteiger partial charge in [0.05, 0.1) is 11.1 Å². The van der Waals surface area contributed by atoms with E-state index in [1.54, 1.807) is 6.07 Å². The van der Waals surface area contributed by atoms with Crippen LogP contribution in [0.4, 0.5) is 0 Å². The molecule has 1 aromatic rings. The molecule has 0 saturated carbocycles. The molecule has 2 N–H and O–H groups in total. The highest BCUT2D eigenvalue weighted by molar-refractivity contribution is 6.08. The molecule has 0 fully saturated rings. The number of carbonyl (C=O) groups excluding carboxylic acids is 4. The lowest BCUT2D eigenvalue weighted by Crippen LogP contribution is -2.22. The summed E-state index contributed by atoms with van der Waals surface area (Å²) in [5.41, 5.74) is -0.0249. The van der Waals surface area contributed by atoms with Gasteiger partial charge in [0.2, 0.25) is 0 Å². The fourth-order valence-electron chi connectivity index (χ4n) is 1.96. The Balaban J connectivity index is 0.00000301. The average molecular weight is 366 g/mol. The normalized spacial score (nSPS) is 9.50. The summed E-state index contributed by atoms with van der Waals surface area (Å²) in [7, 11) is 0. The number of aryl methyl sites for hydroxylation is 1. The first-order valence-electron chi connectivity index (χ1n) is 7.78. The first-order chi connectivity index (χ1) is 12.4. The molecule has 0 atom stereocenters. The molecule has 26 heavy (non-hydrogen) atoms. The Morgan fingerprint density at radius 3 is 2.00 bits per heavy atom. The first-order valence-corrected chi connectivity index (χ1v) is 7.78. The Morgan fingerprint density at radius 1 is 0.962 bits per heavy atom. The van der Waals surface area contributed by atoms with Crippen LogP contribution in [0.2, 0.25) is 0 Å². The highest BCUT2D eigenvalue weighted by Crippen LogP contribution is 2.20. The molecule has 1 aromatic carbocycles. The van der Waals surface area contributed by atoms with Gasteiger partial charge >= 0.3 is 23.9 Å². The lowest BCUT2D eigenvalue weighted by atomic mass is 9.97. The van der Waals surface area contributed by atoms with E-state index in [1.807, 2.05) is 6.92 Å². The van der Waals surface area contributed by atoms with E-state index >= 15 is 0 Å². The summed E-state index contributed by atoms with van der Waals surface area (Å²) in [6, 6.07) is 4.32. The third-order valence-electron chi connectivity index (χ3n) is 3.05. The molecule has 8 heteroatoms. The smallest absolute Gasteiger partial charge is 0.347 e. The van der Waals surface area contributed by atoms with E-state index in [0.717, 1.165) is 6.42 Å². The number of hydrogen-bond acceptors (Lipinski definition) is 8. The summed E-state index contributed by atoms with van der Waals surface area (Å²) in [5, 5.41) is 17.3. The zero-order valence-electron chi connectivity index (χ0n) is 14.5. The van der Waals surface area contributed by atoms with Crippen molar-refractivity contribution in [2.75, 3.05) is 13.2 Å². The van der Waals surface area contributed by atoms with Gasteiger partial charge in [0, 0.05) is 0 Å². The number of benzene rings is 1. The van der Waals surface area contributed by atoms with E-state index in [2.05, 4.69) is 22.6 Å². The van der Waals surface area contributed by atoms with Crippen LogP contribution in [0.3, 0.4) is 0 Å². The monoisotopic (exact) mass is 366 g/mol. The molecule has 0 unspecified atom stereocenters. The summed E-state index contributed by atoms with van der Waals surface area (Å²) in [6.45, 7) is 5.95. The maximum atomic E-state index is 12.2. The average Bonchev–Trinajstić information content (AvgIpc) is 2.66. The maximum Gasteiger partial charge on any atom is 0.347 e. The number of aliphatic hydroxyl groups excluding tert-OH is 2. The Kier molecular flexibility index (Phi) is 11.1. The van der Waals surface area contributed by atoms with Crippen LogP contribution in [-0.2, 0) is 25.5 Å². The van der Waals surface area contributed by atoms with Crippen LogP contribution in [0, 0.1) is 0 Å². The lowest BCUT2D eigenvalue weighted by molar-refractivity contribution is -0.142. The minimum absolute atomic E-state index is 0.205. The Labute approximate surface area is 151 Å². The summed E-state index contributed by atoms with van der Waals surface area (Å²) >= 11 is 0. The molecule has 0 bridgehead atoms. The first kappa shape index (κ1) is 23.2. The molecular formula is C18H22O8. The van der Waals surface area contributed by atoms with Crippen LogP contribution in [0.15, 0.2) is 31.4 Å². The van der Waals surface area contributed by atoms with Crippen LogP contribution in [0.25, 0.3) is 0 Å². The predicted molar refractivity (Wildman–Crippen MR) is 91.3 cm³/mol. The maximum absolute atomic E-state index is 12.2. The molecule has 0 aliphatic rings. The second-order valence-electron chi connectivity index (χ2n) is 4.78. The molecule has 0 saturated heterocycles. The van der Waals surface area contributed by atoms with Crippen LogP contribution in [0.5, 0.6) is 0 Å². The van der Waals surface area contributed by atoms with E-state index in [0.29, 0.717) is 18.4 Å². The third-order valence-corrected chi connectivity index (χ3v) is 3.05. The minimum Gasteiger partial charge on any atom is -0.388 e. The number of esters is 4. The van der Waals surface area contributed by atoms with Gasteiger partial charge in [0.25, 0.3) is 0 Å². The van der Waals surface area contributed by atoms with Gasteiger partial charge in [-0.15, -0.1) is 13.2 Å². The predicted octanol–water partition coefficient (Wildman–Crippen LogP) is 1.18. The lowest BCUT2D eigenvalue weighted by Gasteiger charge is -2.12. The molecule has 0 spiro atoms. The van der Waals surface area contributed by atoms with Gasteiger partial charge < -0.3 is 19.7 Å². The van der Waals surface area contributed by atoms with Crippen molar-refractivity contribution in [3.05, 3.63) is 48.0 Å². The molecule has 0 aliphatic heterocycles. The summed E-state index contributed by atoms with van der Waals surface area (Å²) < 4.78 is 8.86. The Bertz CT molecular complexity index is 651. The summed E-state index contributed by atoms with van der Waals surface area (Å²) in [5.74, 6) is -4.61. The number of aliphatic hydroxyl groups is 2. The van der Waals surface area contributed by atoms with Gasteiger partial charge in [0.1, 0.15) is 13.2 Å². The Hall–Kier alpha value is -2.84. The number of unbranched alkanes of at least 4 members (excludes halogenated alkanes) is 1. The van der Waals surface area contributed by atoms with Gasteiger partial charge in [-0.3, -0.25) is 0 Å². The van der Waals surface area contributed by atoms with Crippen molar-refractivity contribution in [1.29, 1.82) is 0 Å². The van der Waals surface area contributed by atoms with Crippen LogP contribution in [-0.4, -0.2) is 47.3 Å². The minimum atomic E-state index is -1.18. The van der Waals surface area contributed by atoms with Gasteiger partial charge in [-0.1, -0.05) is 25.5 Å². The van der Waals surface area contributed by atoms with E-state index in [9.17, 15) is 19.2 Å². The van der Waals surface area contributed by atoms with Crippen molar-refractivity contribution in [2.45, 2.75) is 26.2 Å². The summed E-state index contributed by atoms with van der Waals surface area (Å²) in [6.07, 6.45) is 1.97. The number of rotatable bonds is 7. The van der Waals surface area contributed by atoms with Crippen molar-refractivity contribution < 1.29 is 38.9 Å². The van der Waals surface area contributed by atoms with Gasteiger partial charge in [0.15, 0.2) is 0 Å². The van der Waals surface area contributed by atoms with E-state index < -0.39 is 37.1 Å². The van der Waals surface area contributed by atoms with Crippen molar-refractivity contribution >= 4 is 23.9 Å². The fraction of sp³-hybridized carbons (Fsp3) is 0.333. The number of carbonyl (C=O) groups is 4. The highest BCUT2D eigenvalue weighted by Gasteiger charge is 2.25. The topological polar surface area (TPSA) is 127 Å². The van der Waals surface area contributed by atoms with Crippen molar-refractivity contribution in [1.82, 2.24) is 0 Å². The molecular weight excluding hydrogens is 344 g/mol. The molecule has 8 nitrogen and oxygen atoms in total. The van der Waals surface area contributed by atoms with Crippen LogP contribution >= 0.6 is 0 Å². The van der Waals surface area contributed by atoms with E-state index in [4.69, 9.17) is 10.2 Å². The van der Waals surface area contributed by atoms with E-state index in [1.165, 1.54) is 12.1 Å². The largest absolute Gasteiger partial charge is 0.388 e. The Morgan fingerprint density at radius 2 is 1.50 bits per heavy atom. The number of ether oxygens (including phenoxy) is 2. The van der Waals surface area contributed by atoms with Gasteiger partial charge in [-0.05, 0) is 24.5 Å². The molecule has 0 aromatic heterocycles. The standard InChI is InChI=1S/C16H18O8.C2H4/c1-2-3-5-10-6-4-7-11(15(21)23-12(19)8-17)14(10)16(22)24-13(20)9-18;1-2/h4,6-7,17-18H,2-3,5,8-9H2,1H3;1-2H2. The highest BCUT2D eigenvalue weighted by atomic mass is 16.6. The quantitative estimate of drug-likeness (QED) is 0.418. The van der Waals surface area contributed by atoms with Crippen molar-refractivity contribution in [2.24, 2.45) is 0 Å². The SMILES string of the molecule is C=C.CCCCc1cccc(C(=O)OC(=O)CO)c1C(=O)OC(=O)CO. The number of hydrogen-bond donors (Lipinski definition) is 2. The third kappa shape index (κ3) is 6.96. The molecule has 0 heterocycles. The van der Waals surface area contributed by atoms with Crippen LogP contribution < -0.4 is 0 Å². The summed E-state index contributed by atoms with van der Waals surface area (Å²) in [4.78, 5) is 46.4. The van der Waals surface area contributed by atoms with Crippen molar-refractivity contribution in [3.63, 3.8) is 0 Å². The molecule has 0 aliphatic carbocycles. The second kappa shape index (κ2) is 12.5. The zero-order valence-corrected chi connectivity index (χ0v) is 14.5. The second-order valence-corrected chi connectivity index (χ2v) is 4.78. The fourth-order valence-corrected chi connectivity index (χ4v) is 1.96.